The molecule has 1 aliphatic heterocycles. The van der Waals surface area contributed by atoms with Crippen molar-refractivity contribution in [2.45, 2.75) is 6.42 Å². The summed E-state index contributed by atoms with van der Waals surface area (Å²) in [6.07, 6.45) is 2.87. The van der Waals surface area contributed by atoms with E-state index >= 15 is 0 Å². The van der Waals surface area contributed by atoms with Gasteiger partial charge >= 0.3 is 0 Å². The molecular formula is C16H15N5. The first-order valence-corrected chi connectivity index (χ1v) is 7.10. The molecule has 0 aliphatic carbocycles. The van der Waals surface area contributed by atoms with Crippen molar-refractivity contribution in [2.24, 2.45) is 4.99 Å². The number of amidine groups is 1. The Balaban J connectivity index is 1.76. The van der Waals surface area contributed by atoms with Crippen LogP contribution < -0.4 is 5.32 Å². The first kappa shape index (κ1) is 12.1. The summed E-state index contributed by atoms with van der Waals surface area (Å²) in [5.41, 5.74) is 3.89. The maximum Gasteiger partial charge on any atom is 0.157 e. The summed E-state index contributed by atoms with van der Waals surface area (Å²) in [6, 6.07) is 12.0. The van der Waals surface area contributed by atoms with Gasteiger partial charge in [-0.25, -0.2) is 4.98 Å². The Bertz CT molecular complexity index is 804. The van der Waals surface area contributed by atoms with Crippen molar-refractivity contribution in [3.05, 3.63) is 48.2 Å². The molecule has 1 aliphatic rings. The van der Waals surface area contributed by atoms with Crippen molar-refractivity contribution in [1.29, 1.82) is 0 Å². The van der Waals surface area contributed by atoms with Gasteiger partial charge in [0.05, 0.1) is 11.0 Å². The minimum absolute atomic E-state index is 0.793. The highest BCUT2D eigenvalue weighted by molar-refractivity contribution is 6.01. The average molecular weight is 277 g/mol. The van der Waals surface area contributed by atoms with Crippen LogP contribution in [0.1, 0.15) is 12.0 Å². The van der Waals surface area contributed by atoms with Crippen LogP contribution in [0, 0.1) is 0 Å². The lowest BCUT2D eigenvalue weighted by Gasteiger charge is -2.14. The van der Waals surface area contributed by atoms with Crippen molar-refractivity contribution in [3.63, 3.8) is 0 Å². The van der Waals surface area contributed by atoms with Crippen LogP contribution in [0.4, 0.5) is 0 Å². The second-order valence-corrected chi connectivity index (χ2v) is 5.04. The maximum atomic E-state index is 4.59. The van der Waals surface area contributed by atoms with Crippen molar-refractivity contribution < 1.29 is 0 Å². The number of imidazole rings is 1. The van der Waals surface area contributed by atoms with Gasteiger partial charge in [-0.1, -0.05) is 6.07 Å². The van der Waals surface area contributed by atoms with Crippen LogP contribution in [0.2, 0.25) is 0 Å². The molecule has 1 aromatic carbocycles. The maximum absolute atomic E-state index is 4.59. The molecule has 0 bridgehead atoms. The number of hydrogen-bond acceptors (Lipinski definition) is 4. The Kier molecular flexibility index (Phi) is 2.88. The summed E-state index contributed by atoms with van der Waals surface area (Å²) in [5.74, 6) is 1.76. The van der Waals surface area contributed by atoms with Gasteiger partial charge < -0.3 is 10.3 Å². The Morgan fingerprint density at radius 2 is 2.10 bits per heavy atom. The van der Waals surface area contributed by atoms with Crippen LogP contribution in [-0.4, -0.2) is 33.9 Å². The zero-order chi connectivity index (χ0) is 14.1. The molecular weight excluding hydrogens is 262 g/mol. The van der Waals surface area contributed by atoms with E-state index in [0.29, 0.717) is 0 Å². The predicted octanol–water partition coefficient (Wildman–Crippen LogP) is 2.36. The Hall–Kier alpha value is -2.69. The lowest BCUT2D eigenvalue weighted by molar-refractivity contribution is 0.742. The third-order valence-corrected chi connectivity index (χ3v) is 3.56. The molecule has 0 fully saturated rings. The van der Waals surface area contributed by atoms with E-state index in [0.717, 1.165) is 53.5 Å². The van der Waals surface area contributed by atoms with Crippen LogP contribution in [-0.2, 0) is 0 Å². The van der Waals surface area contributed by atoms with Crippen LogP contribution in [0.5, 0.6) is 0 Å². The van der Waals surface area contributed by atoms with Crippen LogP contribution in [0.25, 0.3) is 22.6 Å². The number of H-pyrrole nitrogens is 1. The first-order valence-electron chi connectivity index (χ1n) is 7.10. The van der Waals surface area contributed by atoms with E-state index in [1.807, 2.05) is 24.3 Å². The first-order chi connectivity index (χ1) is 10.4. The van der Waals surface area contributed by atoms with Gasteiger partial charge in [0.25, 0.3) is 0 Å². The van der Waals surface area contributed by atoms with Crippen molar-refractivity contribution in [3.8, 4) is 11.5 Å². The van der Waals surface area contributed by atoms with Gasteiger partial charge in [0.1, 0.15) is 11.5 Å². The van der Waals surface area contributed by atoms with Gasteiger partial charge in [-0.15, -0.1) is 0 Å². The van der Waals surface area contributed by atoms with E-state index in [1.165, 1.54) is 0 Å². The highest BCUT2D eigenvalue weighted by Crippen LogP contribution is 2.20. The molecule has 0 saturated carbocycles. The second kappa shape index (κ2) is 5.01. The molecule has 0 saturated heterocycles. The fraction of sp³-hybridized carbons (Fsp3) is 0.188. The number of pyridine rings is 1. The van der Waals surface area contributed by atoms with Gasteiger partial charge in [-0.3, -0.25) is 9.98 Å². The number of rotatable bonds is 2. The number of aliphatic imine (C=N–C) groups is 1. The van der Waals surface area contributed by atoms with Gasteiger partial charge in [0.15, 0.2) is 5.82 Å². The van der Waals surface area contributed by atoms with E-state index in [4.69, 9.17) is 0 Å². The third kappa shape index (κ3) is 2.27. The monoisotopic (exact) mass is 277 g/mol. The molecule has 104 valence electrons. The van der Waals surface area contributed by atoms with Crippen molar-refractivity contribution in [1.82, 2.24) is 20.3 Å². The van der Waals surface area contributed by atoms with E-state index < -0.39 is 0 Å². The second-order valence-electron chi connectivity index (χ2n) is 5.04. The highest BCUT2D eigenvalue weighted by Gasteiger charge is 2.10. The van der Waals surface area contributed by atoms with Crippen molar-refractivity contribution in [2.75, 3.05) is 13.1 Å². The van der Waals surface area contributed by atoms with Crippen LogP contribution in [0.15, 0.2) is 47.6 Å². The molecule has 5 nitrogen and oxygen atoms in total. The van der Waals surface area contributed by atoms with Gasteiger partial charge in [0.2, 0.25) is 0 Å². The summed E-state index contributed by atoms with van der Waals surface area (Å²) in [7, 11) is 0. The predicted molar refractivity (Wildman–Crippen MR) is 83.3 cm³/mol. The summed E-state index contributed by atoms with van der Waals surface area (Å²) in [5, 5.41) is 3.34. The Morgan fingerprint density at radius 3 is 2.90 bits per heavy atom. The van der Waals surface area contributed by atoms with Gasteiger partial charge in [0, 0.05) is 24.8 Å². The van der Waals surface area contributed by atoms with Crippen LogP contribution >= 0.6 is 0 Å². The van der Waals surface area contributed by atoms with Crippen LogP contribution in [0.3, 0.4) is 0 Å². The molecule has 21 heavy (non-hydrogen) atoms. The number of hydrogen-bond donors (Lipinski definition) is 2. The molecule has 0 spiro atoms. The van der Waals surface area contributed by atoms with E-state index in [1.54, 1.807) is 6.20 Å². The Labute approximate surface area is 122 Å². The number of nitrogens with zero attached hydrogens (tertiary/aromatic N) is 3. The average Bonchev–Trinajstić information content (AvgIpc) is 2.99. The number of aromatic nitrogens is 3. The van der Waals surface area contributed by atoms with E-state index in [-0.39, 0.29) is 0 Å². The third-order valence-electron chi connectivity index (χ3n) is 3.56. The standard InChI is InChI=1S/C16H15N5/c1-2-7-17-13(4-1)16-20-12-6-5-11(10-14(12)21-16)15-18-8-3-9-19-15/h1-2,4-7,10H,3,8-9H2,(H,18,19)(H,20,21). The van der Waals surface area contributed by atoms with E-state index in [9.17, 15) is 0 Å². The minimum Gasteiger partial charge on any atom is -0.370 e. The summed E-state index contributed by atoms with van der Waals surface area (Å²) in [4.78, 5) is 16.8. The normalized spacial score (nSPS) is 14.8. The zero-order valence-corrected chi connectivity index (χ0v) is 11.5. The molecule has 4 rings (SSSR count). The number of aromatic amines is 1. The van der Waals surface area contributed by atoms with E-state index in [2.05, 4.69) is 37.4 Å². The smallest absolute Gasteiger partial charge is 0.157 e. The number of nitrogens with one attached hydrogen (secondary N) is 2. The fourth-order valence-electron chi connectivity index (χ4n) is 2.51. The largest absolute Gasteiger partial charge is 0.370 e. The molecule has 3 heterocycles. The topological polar surface area (TPSA) is 66.0 Å². The summed E-state index contributed by atoms with van der Waals surface area (Å²) < 4.78 is 0. The summed E-state index contributed by atoms with van der Waals surface area (Å²) >= 11 is 0. The summed E-state index contributed by atoms with van der Waals surface area (Å²) in [6.45, 7) is 1.88. The fourth-order valence-corrected chi connectivity index (χ4v) is 2.51. The van der Waals surface area contributed by atoms with Gasteiger partial charge in [-0.2, -0.15) is 0 Å². The highest BCUT2D eigenvalue weighted by atomic mass is 15.0. The quantitative estimate of drug-likeness (QED) is 0.755. The lowest BCUT2D eigenvalue weighted by Crippen LogP contribution is -2.30. The molecule has 2 N–H and O–H groups in total. The number of benzene rings is 1. The zero-order valence-electron chi connectivity index (χ0n) is 11.5. The molecule has 0 radical (unpaired) electrons. The minimum atomic E-state index is 0.793. The molecule has 3 aromatic rings. The lowest BCUT2D eigenvalue weighted by atomic mass is 10.1. The molecule has 2 aromatic heterocycles. The Morgan fingerprint density at radius 1 is 1.10 bits per heavy atom. The molecule has 0 unspecified atom stereocenters. The van der Waals surface area contributed by atoms with Crippen molar-refractivity contribution >= 4 is 16.9 Å². The number of fused-ring (bicyclic) bond motifs is 1. The SMILES string of the molecule is c1ccc(-c2nc3ccc(C4=NCCCN4)cc3[nH]2)nc1. The van der Waals surface area contributed by atoms with Gasteiger partial charge in [-0.05, 0) is 36.8 Å². The molecule has 5 heteroatoms. The molecule has 0 atom stereocenters. The molecule has 0 amide bonds.